The number of aryl methyl sites for hydroxylation is 1. The number of benzene rings is 1. The van der Waals surface area contributed by atoms with Crippen molar-refractivity contribution in [1.29, 1.82) is 0 Å². The highest BCUT2D eigenvalue weighted by Gasteiger charge is 2.44. The molecule has 5 rings (SSSR count). The van der Waals surface area contributed by atoms with Gasteiger partial charge >= 0.3 is 0 Å². The zero-order valence-corrected chi connectivity index (χ0v) is 14.2. The van der Waals surface area contributed by atoms with Crippen molar-refractivity contribution in [2.24, 2.45) is 0 Å². The average molecular weight is 359 g/mol. The molecular formula is C20H13N3O4. The molecule has 0 radical (unpaired) electrons. The lowest BCUT2D eigenvalue weighted by Gasteiger charge is -2.22. The molecule has 3 aromatic heterocycles. The highest BCUT2D eigenvalue weighted by molar-refractivity contribution is 6.10. The Bertz CT molecular complexity index is 1240. The van der Waals surface area contributed by atoms with Crippen molar-refractivity contribution in [2.75, 3.05) is 4.90 Å². The quantitative estimate of drug-likeness (QED) is 0.546. The van der Waals surface area contributed by atoms with Crippen LogP contribution in [0.25, 0.3) is 11.0 Å². The SMILES string of the molecule is Cc1cc(N2C(=O)c3oc4ccccc4c(=O)c3[C@H]2c2ccncc2)no1. The minimum absolute atomic E-state index is 0.0289. The van der Waals surface area contributed by atoms with Crippen molar-refractivity contribution in [3.05, 3.63) is 87.7 Å². The molecule has 132 valence electrons. The van der Waals surface area contributed by atoms with E-state index >= 15 is 0 Å². The van der Waals surface area contributed by atoms with E-state index in [-0.39, 0.29) is 11.2 Å². The molecule has 7 nitrogen and oxygen atoms in total. The first kappa shape index (κ1) is 15.5. The van der Waals surface area contributed by atoms with Gasteiger partial charge in [-0.1, -0.05) is 17.3 Å². The monoisotopic (exact) mass is 359 g/mol. The predicted molar refractivity (Wildman–Crippen MR) is 96.6 cm³/mol. The summed E-state index contributed by atoms with van der Waals surface area (Å²) in [6.45, 7) is 1.74. The van der Waals surface area contributed by atoms with Crippen LogP contribution in [0, 0.1) is 6.92 Å². The lowest BCUT2D eigenvalue weighted by atomic mass is 9.99. The third kappa shape index (κ3) is 2.21. The van der Waals surface area contributed by atoms with Crippen LogP contribution in [-0.2, 0) is 0 Å². The van der Waals surface area contributed by atoms with Crippen LogP contribution in [0.1, 0.15) is 33.5 Å². The number of nitrogens with zero attached hydrogens (tertiary/aromatic N) is 3. The number of para-hydroxylation sites is 1. The minimum Gasteiger partial charge on any atom is -0.450 e. The summed E-state index contributed by atoms with van der Waals surface area (Å²) in [6, 6.07) is 11.4. The summed E-state index contributed by atoms with van der Waals surface area (Å²) >= 11 is 0. The summed E-state index contributed by atoms with van der Waals surface area (Å²) in [5.74, 6) is 0.491. The minimum atomic E-state index is -0.666. The number of pyridine rings is 1. The molecule has 0 saturated heterocycles. The maximum atomic E-state index is 13.2. The van der Waals surface area contributed by atoms with Crippen LogP contribution >= 0.6 is 0 Å². The smallest absolute Gasteiger partial charge is 0.296 e. The fourth-order valence-corrected chi connectivity index (χ4v) is 3.48. The standard InChI is InChI=1S/C20H13N3O4/c1-11-10-15(22-27-11)23-17(12-6-8-21-9-7-12)16-18(24)13-4-2-3-5-14(13)26-19(16)20(23)25/h2-10,17H,1H3/t17-/m1/s1. The van der Waals surface area contributed by atoms with Crippen LogP contribution in [0.2, 0.25) is 0 Å². The van der Waals surface area contributed by atoms with Crippen molar-refractivity contribution in [1.82, 2.24) is 10.1 Å². The number of rotatable bonds is 2. The Kier molecular flexibility index (Phi) is 3.24. The van der Waals surface area contributed by atoms with Gasteiger partial charge in [0.2, 0.25) is 5.76 Å². The van der Waals surface area contributed by atoms with Gasteiger partial charge in [-0.25, -0.2) is 0 Å². The Balaban J connectivity index is 1.84. The Morgan fingerprint density at radius 1 is 1.07 bits per heavy atom. The Morgan fingerprint density at radius 2 is 1.85 bits per heavy atom. The molecule has 1 atom stereocenters. The van der Waals surface area contributed by atoms with E-state index < -0.39 is 11.9 Å². The third-order valence-corrected chi connectivity index (χ3v) is 4.66. The lowest BCUT2D eigenvalue weighted by Crippen LogP contribution is -2.29. The van der Waals surface area contributed by atoms with Crippen molar-refractivity contribution in [3.63, 3.8) is 0 Å². The number of aromatic nitrogens is 2. The molecule has 1 aliphatic rings. The lowest BCUT2D eigenvalue weighted by molar-refractivity contribution is 0.0969. The van der Waals surface area contributed by atoms with Crippen LogP contribution in [0.4, 0.5) is 5.82 Å². The van der Waals surface area contributed by atoms with Crippen LogP contribution in [-0.4, -0.2) is 16.0 Å². The number of anilines is 1. The van der Waals surface area contributed by atoms with E-state index in [0.717, 1.165) is 5.56 Å². The van der Waals surface area contributed by atoms with Crippen molar-refractivity contribution < 1.29 is 13.7 Å². The van der Waals surface area contributed by atoms with Crippen molar-refractivity contribution in [3.8, 4) is 0 Å². The molecule has 0 spiro atoms. The number of amides is 1. The molecule has 1 aromatic carbocycles. The fraction of sp³-hybridized carbons (Fsp3) is 0.100. The van der Waals surface area contributed by atoms with Gasteiger partial charge in [0, 0.05) is 18.5 Å². The first-order valence-corrected chi connectivity index (χ1v) is 8.37. The Morgan fingerprint density at radius 3 is 2.59 bits per heavy atom. The Labute approximate surface area is 152 Å². The highest BCUT2D eigenvalue weighted by Crippen LogP contribution is 2.40. The van der Waals surface area contributed by atoms with Gasteiger partial charge in [0.05, 0.1) is 17.0 Å². The molecule has 0 aliphatic carbocycles. The summed E-state index contributed by atoms with van der Waals surface area (Å²) < 4.78 is 11.0. The molecule has 0 N–H and O–H groups in total. The van der Waals surface area contributed by atoms with E-state index in [1.807, 2.05) is 0 Å². The van der Waals surface area contributed by atoms with Crippen LogP contribution < -0.4 is 10.3 Å². The van der Waals surface area contributed by atoms with Gasteiger partial charge in [0.25, 0.3) is 5.91 Å². The largest absolute Gasteiger partial charge is 0.450 e. The first-order valence-electron chi connectivity index (χ1n) is 8.37. The van der Waals surface area contributed by atoms with E-state index in [0.29, 0.717) is 28.1 Å². The average Bonchev–Trinajstić information content (AvgIpc) is 3.24. The zero-order valence-electron chi connectivity index (χ0n) is 14.2. The van der Waals surface area contributed by atoms with Crippen LogP contribution in [0.5, 0.6) is 0 Å². The first-order chi connectivity index (χ1) is 13.1. The van der Waals surface area contributed by atoms with Gasteiger partial charge in [-0.3, -0.25) is 19.5 Å². The second-order valence-electron chi connectivity index (χ2n) is 6.32. The topological polar surface area (TPSA) is 89.4 Å². The fourth-order valence-electron chi connectivity index (χ4n) is 3.48. The molecule has 1 amide bonds. The summed E-state index contributed by atoms with van der Waals surface area (Å²) in [5.41, 5.74) is 1.18. The second kappa shape index (κ2) is 5.63. The summed E-state index contributed by atoms with van der Waals surface area (Å²) in [4.78, 5) is 31.9. The van der Waals surface area contributed by atoms with Gasteiger partial charge < -0.3 is 8.94 Å². The van der Waals surface area contributed by atoms with E-state index in [1.165, 1.54) is 4.90 Å². The molecule has 4 aromatic rings. The van der Waals surface area contributed by atoms with Gasteiger partial charge in [0.1, 0.15) is 11.3 Å². The van der Waals surface area contributed by atoms with Gasteiger partial charge in [-0.05, 0) is 36.8 Å². The van der Waals surface area contributed by atoms with Crippen LogP contribution in [0.3, 0.4) is 0 Å². The van der Waals surface area contributed by atoms with Crippen molar-refractivity contribution in [2.45, 2.75) is 13.0 Å². The van der Waals surface area contributed by atoms with E-state index in [1.54, 1.807) is 61.8 Å². The maximum Gasteiger partial charge on any atom is 0.296 e. The molecule has 27 heavy (non-hydrogen) atoms. The number of hydrogen-bond donors (Lipinski definition) is 0. The third-order valence-electron chi connectivity index (χ3n) is 4.66. The zero-order chi connectivity index (χ0) is 18.5. The molecule has 7 heteroatoms. The van der Waals surface area contributed by atoms with Gasteiger partial charge in [-0.2, -0.15) is 0 Å². The molecule has 1 aliphatic heterocycles. The number of fused-ring (bicyclic) bond motifs is 2. The summed E-state index contributed by atoms with van der Waals surface area (Å²) in [6.07, 6.45) is 3.24. The molecule has 0 unspecified atom stereocenters. The molecule has 4 heterocycles. The van der Waals surface area contributed by atoms with E-state index in [2.05, 4.69) is 10.1 Å². The van der Waals surface area contributed by atoms with E-state index in [4.69, 9.17) is 8.94 Å². The molecule has 0 bridgehead atoms. The molecular weight excluding hydrogens is 346 g/mol. The second-order valence-corrected chi connectivity index (χ2v) is 6.32. The molecule has 0 saturated carbocycles. The van der Waals surface area contributed by atoms with Crippen LogP contribution in [0.15, 0.2) is 68.6 Å². The summed E-state index contributed by atoms with van der Waals surface area (Å²) in [5, 5.41) is 4.41. The molecule has 0 fully saturated rings. The Hall–Kier alpha value is -3.74. The predicted octanol–water partition coefficient (Wildman–Crippen LogP) is 3.23. The van der Waals surface area contributed by atoms with E-state index in [9.17, 15) is 9.59 Å². The number of carbonyl (C=O) groups is 1. The van der Waals surface area contributed by atoms with Crippen molar-refractivity contribution >= 4 is 22.7 Å². The van der Waals surface area contributed by atoms with Gasteiger partial charge in [-0.15, -0.1) is 0 Å². The number of carbonyl (C=O) groups excluding carboxylic acids is 1. The van der Waals surface area contributed by atoms with Gasteiger partial charge in [0.15, 0.2) is 11.2 Å². The number of hydrogen-bond acceptors (Lipinski definition) is 6. The normalized spacial score (nSPS) is 16.1. The maximum absolute atomic E-state index is 13.2. The highest BCUT2D eigenvalue weighted by atomic mass is 16.5. The summed E-state index contributed by atoms with van der Waals surface area (Å²) in [7, 11) is 0.